The summed E-state index contributed by atoms with van der Waals surface area (Å²) in [6.45, 7) is 1.83. The van der Waals surface area contributed by atoms with Crippen molar-refractivity contribution in [3.63, 3.8) is 0 Å². The van der Waals surface area contributed by atoms with Crippen molar-refractivity contribution in [1.29, 1.82) is 0 Å². The molecule has 0 radical (unpaired) electrons. The monoisotopic (exact) mass is 228 g/mol. The maximum absolute atomic E-state index is 13.6. The van der Waals surface area contributed by atoms with Gasteiger partial charge in [-0.05, 0) is 30.7 Å². The zero-order chi connectivity index (χ0) is 12.0. The molecule has 0 fully saturated rings. The summed E-state index contributed by atoms with van der Waals surface area (Å²) in [5.41, 5.74) is 1.11. The average Bonchev–Trinajstić information content (AvgIpc) is 2.32. The molecule has 0 aliphatic carbocycles. The Balaban J connectivity index is 2.68. The van der Waals surface area contributed by atoms with E-state index in [1.54, 1.807) is 18.2 Å². The number of benzene rings is 2. The first kappa shape index (κ1) is 10.0. The zero-order valence-corrected chi connectivity index (χ0v) is 9.16. The third-order valence-electron chi connectivity index (χ3n) is 2.87. The molecule has 0 unspecified atom stereocenters. The number of para-hydroxylation sites is 2. The molecule has 0 saturated carbocycles. The van der Waals surface area contributed by atoms with Crippen molar-refractivity contribution >= 4 is 21.9 Å². The standard InChI is InChI=1S/C14H9FO2/c1-8-4-2-5-9-12(16)10-6-3-7-11(15)14(10)17-13(8)9/h2-7H,1H3. The highest BCUT2D eigenvalue weighted by Crippen LogP contribution is 2.22. The Morgan fingerprint density at radius 3 is 2.41 bits per heavy atom. The molecule has 0 saturated heterocycles. The van der Waals surface area contributed by atoms with Crippen LogP contribution in [0.4, 0.5) is 4.39 Å². The van der Waals surface area contributed by atoms with E-state index in [4.69, 9.17) is 4.42 Å². The van der Waals surface area contributed by atoms with E-state index in [0.29, 0.717) is 11.0 Å². The van der Waals surface area contributed by atoms with Crippen molar-refractivity contribution < 1.29 is 8.81 Å². The molecule has 3 rings (SSSR count). The van der Waals surface area contributed by atoms with E-state index < -0.39 is 5.82 Å². The highest BCUT2D eigenvalue weighted by atomic mass is 19.1. The second kappa shape index (κ2) is 3.42. The molecular formula is C14H9FO2. The van der Waals surface area contributed by atoms with Crippen LogP contribution in [0.25, 0.3) is 21.9 Å². The van der Waals surface area contributed by atoms with Crippen molar-refractivity contribution in [2.75, 3.05) is 0 Å². The molecule has 0 amide bonds. The Labute approximate surface area is 96.3 Å². The maximum Gasteiger partial charge on any atom is 0.200 e. The average molecular weight is 228 g/mol. The summed E-state index contributed by atoms with van der Waals surface area (Å²) in [6, 6.07) is 9.69. The van der Waals surface area contributed by atoms with Crippen LogP contribution in [0.5, 0.6) is 0 Å². The number of halogens is 1. The molecule has 0 bridgehead atoms. The van der Waals surface area contributed by atoms with Gasteiger partial charge in [0, 0.05) is 0 Å². The van der Waals surface area contributed by atoms with E-state index >= 15 is 0 Å². The lowest BCUT2D eigenvalue weighted by atomic mass is 10.1. The fourth-order valence-corrected chi connectivity index (χ4v) is 2.01. The van der Waals surface area contributed by atoms with Crippen LogP contribution in [0.3, 0.4) is 0 Å². The van der Waals surface area contributed by atoms with Crippen LogP contribution in [-0.2, 0) is 0 Å². The van der Waals surface area contributed by atoms with Crippen LogP contribution in [0, 0.1) is 12.7 Å². The van der Waals surface area contributed by atoms with Gasteiger partial charge in [0.25, 0.3) is 0 Å². The summed E-state index contributed by atoms with van der Waals surface area (Å²) in [7, 11) is 0. The fraction of sp³-hybridized carbons (Fsp3) is 0.0714. The first-order valence-corrected chi connectivity index (χ1v) is 5.29. The smallest absolute Gasteiger partial charge is 0.200 e. The maximum atomic E-state index is 13.6. The van der Waals surface area contributed by atoms with Gasteiger partial charge < -0.3 is 4.42 Å². The summed E-state index contributed by atoms with van der Waals surface area (Å²) in [4.78, 5) is 12.2. The van der Waals surface area contributed by atoms with Gasteiger partial charge in [-0.25, -0.2) is 4.39 Å². The first-order valence-electron chi connectivity index (χ1n) is 5.29. The minimum atomic E-state index is -0.509. The molecule has 0 aliphatic heterocycles. The largest absolute Gasteiger partial charge is 0.452 e. The Morgan fingerprint density at radius 1 is 1.00 bits per heavy atom. The normalized spacial score (nSPS) is 11.2. The van der Waals surface area contributed by atoms with Gasteiger partial charge in [0.2, 0.25) is 5.43 Å². The van der Waals surface area contributed by atoms with Crippen LogP contribution < -0.4 is 5.43 Å². The summed E-state index contributed by atoms with van der Waals surface area (Å²) in [5.74, 6) is -0.509. The molecule has 2 aromatic carbocycles. The van der Waals surface area contributed by atoms with Crippen molar-refractivity contribution in [2.24, 2.45) is 0 Å². The SMILES string of the molecule is Cc1cccc2c(=O)c3cccc(F)c3oc12. The highest BCUT2D eigenvalue weighted by Gasteiger charge is 2.11. The molecular weight excluding hydrogens is 219 g/mol. The molecule has 3 heteroatoms. The molecule has 17 heavy (non-hydrogen) atoms. The lowest BCUT2D eigenvalue weighted by molar-refractivity contribution is 0.578. The summed E-state index contributed by atoms with van der Waals surface area (Å²) >= 11 is 0. The van der Waals surface area contributed by atoms with Gasteiger partial charge in [0.1, 0.15) is 5.58 Å². The number of fused-ring (bicyclic) bond motifs is 2. The Hall–Kier alpha value is -2.16. The first-order chi connectivity index (χ1) is 8.18. The molecule has 0 atom stereocenters. The Morgan fingerprint density at radius 2 is 1.65 bits per heavy atom. The van der Waals surface area contributed by atoms with Crippen LogP contribution in [0.15, 0.2) is 45.6 Å². The fourth-order valence-electron chi connectivity index (χ4n) is 2.01. The van der Waals surface area contributed by atoms with Crippen LogP contribution in [-0.4, -0.2) is 0 Å². The Kier molecular flexibility index (Phi) is 2.01. The van der Waals surface area contributed by atoms with E-state index in [-0.39, 0.29) is 16.4 Å². The van der Waals surface area contributed by atoms with Gasteiger partial charge in [0.05, 0.1) is 10.8 Å². The molecule has 0 N–H and O–H groups in total. The number of rotatable bonds is 0. The second-order valence-corrected chi connectivity index (χ2v) is 4.00. The number of hydrogen-bond donors (Lipinski definition) is 0. The van der Waals surface area contributed by atoms with Crippen LogP contribution in [0.1, 0.15) is 5.56 Å². The molecule has 2 nitrogen and oxygen atoms in total. The number of hydrogen-bond acceptors (Lipinski definition) is 2. The van der Waals surface area contributed by atoms with Gasteiger partial charge in [-0.1, -0.05) is 18.2 Å². The zero-order valence-electron chi connectivity index (χ0n) is 9.16. The molecule has 3 aromatic rings. The van der Waals surface area contributed by atoms with Gasteiger partial charge >= 0.3 is 0 Å². The molecule has 0 aliphatic rings. The quantitative estimate of drug-likeness (QED) is 0.552. The van der Waals surface area contributed by atoms with E-state index in [2.05, 4.69) is 0 Å². The van der Waals surface area contributed by atoms with E-state index in [1.165, 1.54) is 12.1 Å². The lowest BCUT2D eigenvalue weighted by Gasteiger charge is -2.03. The Bertz CT molecular complexity index is 724. The van der Waals surface area contributed by atoms with E-state index in [0.717, 1.165) is 5.56 Å². The van der Waals surface area contributed by atoms with Crippen molar-refractivity contribution in [2.45, 2.75) is 6.92 Å². The summed E-state index contributed by atoms with van der Waals surface area (Å²) < 4.78 is 19.1. The molecule has 84 valence electrons. The third-order valence-corrected chi connectivity index (χ3v) is 2.87. The molecule has 0 spiro atoms. The lowest BCUT2D eigenvalue weighted by Crippen LogP contribution is -2.03. The summed E-state index contributed by atoms with van der Waals surface area (Å²) in [6.07, 6.45) is 0. The highest BCUT2D eigenvalue weighted by molar-refractivity contribution is 5.91. The van der Waals surface area contributed by atoms with E-state index in [9.17, 15) is 9.18 Å². The topological polar surface area (TPSA) is 30.2 Å². The summed E-state index contributed by atoms with van der Waals surface area (Å²) in [5, 5.41) is 0.770. The van der Waals surface area contributed by atoms with Crippen molar-refractivity contribution in [1.82, 2.24) is 0 Å². The predicted octanol–water partition coefficient (Wildman–Crippen LogP) is 3.39. The van der Waals surface area contributed by atoms with Gasteiger partial charge in [0.15, 0.2) is 11.4 Å². The van der Waals surface area contributed by atoms with Crippen molar-refractivity contribution in [3.05, 3.63) is 58.0 Å². The van der Waals surface area contributed by atoms with Gasteiger partial charge in [-0.15, -0.1) is 0 Å². The second-order valence-electron chi connectivity index (χ2n) is 4.00. The van der Waals surface area contributed by atoms with Crippen LogP contribution in [0.2, 0.25) is 0 Å². The van der Waals surface area contributed by atoms with Gasteiger partial charge in [-0.2, -0.15) is 0 Å². The predicted molar refractivity (Wildman–Crippen MR) is 64.7 cm³/mol. The molecule has 1 aromatic heterocycles. The van der Waals surface area contributed by atoms with E-state index in [1.807, 2.05) is 13.0 Å². The minimum Gasteiger partial charge on any atom is -0.452 e. The van der Waals surface area contributed by atoms with Crippen molar-refractivity contribution in [3.8, 4) is 0 Å². The minimum absolute atomic E-state index is 0.0271. The molecule has 1 heterocycles. The van der Waals surface area contributed by atoms with Crippen LogP contribution >= 0.6 is 0 Å². The van der Waals surface area contributed by atoms with Gasteiger partial charge in [-0.3, -0.25) is 4.79 Å². The third kappa shape index (κ3) is 1.35. The number of aryl methyl sites for hydroxylation is 1.